The summed E-state index contributed by atoms with van der Waals surface area (Å²) in [7, 11) is 1.57. The fraction of sp³-hybridized carbons (Fsp3) is 0.348. The minimum atomic E-state index is -4.44. The van der Waals surface area contributed by atoms with Gasteiger partial charge in [-0.05, 0) is 68.7 Å². The number of benzene rings is 2. The first kappa shape index (κ1) is 21.9. The Morgan fingerprint density at radius 2 is 1.88 bits per heavy atom. The van der Waals surface area contributed by atoms with Gasteiger partial charge in [0, 0.05) is 6.04 Å². The summed E-state index contributed by atoms with van der Waals surface area (Å²) in [5, 5.41) is 8.24. The van der Waals surface area contributed by atoms with E-state index < -0.39 is 17.8 Å². The summed E-state index contributed by atoms with van der Waals surface area (Å²) in [6.07, 6.45) is -2.83. The first-order valence-corrected chi connectivity index (χ1v) is 10.3. The van der Waals surface area contributed by atoms with Gasteiger partial charge in [0.05, 0.1) is 30.1 Å². The molecule has 0 N–H and O–H groups in total. The van der Waals surface area contributed by atoms with Crippen LogP contribution < -0.4 is 4.74 Å². The van der Waals surface area contributed by atoms with E-state index in [-0.39, 0.29) is 17.6 Å². The van der Waals surface area contributed by atoms with Crippen LogP contribution in [0.3, 0.4) is 0 Å². The van der Waals surface area contributed by atoms with Gasteiger partial charge >= 0.3 is 6.18 Å². The number of rotatable bonds is 6. The molecule has 1 unspecified atom stereocenters. The van der Waals surface area contributed by atoms with Crippen molar-refractivity contribution in [2.45, 2.75) is 44.9 Å². The lowest BCUT2D eigenvalue weighted by Gasteiger charge is -2.29. The maximum Gasteiger partial charge on any atom is 0.416 e. The molecule has 4 rings (SSSR count). The average Bonchev–Trinajstić information content (AvgIpc) is 3.54. The number of ether oxygens (including phenoxy) is 1. The predicted molar refractivity (Wildman–Crippen MR) is 112 cm³/mol. The standard InChI is InChI=1S/C23H23F3N4O2/c1-14(16-5-4-6-17(13-16)23(24,25)26)29(18-7-8-18)22(31)21-15(2)30(28-27-21)19-9-11-20(32-3)12-10-19/h4-6,9-14,18H,7-8H2,1-3H3. The van der Waals surface area contributed by atoms with Gasteiger partial charge < -0.3 is 9.64 Å². The largest absolute Gasteiger partial charge is 0.497 e. The van der Waals surface area contributed by atoms with Crippen LogP contribution in [0.25, 0.3) is 5.69 Å². The van der Waals surface area contributed by atoms with E-state index in [4.69, 9.17) is 4.74 Å². The molecule has 1 aliphatic carbocycles. The van der Waals surface area contributed by atoms with Gasteiger partial charge in [0.1, 0.15) is 5.75 Å². The molecule has 0 spiro atoms. The van der Waals surface area contributed by atoms with Crippen LogP contribution in [-0.4, -0.2) is 39.0 Å². The van der Waals surface area contributed by atoms with Gasteiger partial charge in [0.2, 0.25) is 0 Å². The molecule has 168 valence electrons. The molecular formula is C23H23F3N4O2. The Morgan fingerprint density at radius 1 is 1.19 bits per heavy atom. The van der Waals surface area contributed by atoms with E-state index in [1.807, 2.05) is 0 Å². The molecule has 3 aromatic rings. The van der Waals surface area contributed by atoms with Gasteiger partial charge in [-0.15, -0.1) is 5.10 Å². The Kier molecular flexibility index (Phi) is 5.66. The molecule has 6 nitrogen and oxygen atoms in total. The second-order valence-electron chi connectivity index (χ2n) is 7.88. The smallest absolute Gasteiger partial charge is 0.416 e. The summed E-state index contributed by atoms with van der Waals surface area (Å²) in [4.78, 5) is 15.1. The highest BCUT2D eigenvalue weighted by Crippen LogP contribution is 2.37. The topological polar surface area (TPSA) is 60.2 Å². The van der Waals surface area contributed by atoms with E-state index in [0.29, 0.717) is 17.0 Å². The lowest BCUT2D eigenvalue weighted by Crippen LogP contribution is -2.36. The van der Waals surface area contributed by atoms with Crippen LogP contribution in [0.5, 0.6) is 5.75 Å². The van der Waals surface area contributed by atoms with Crippen LogP contribution in [0.2, 0.25) is 0 Å². The van der Waals surface area contributed by atoms with Crippen LogP contribution in [0.15, 0.2) is 48.5 Å². The number of hydrogen-bond donors (Lipinski definition) is 0. The zero-order valence-corrected chi connectivity index (χ0v) is 17.9. The Hall–Kier alpha value is -3.36. The minimum absolute atomic E-state index is 0.0300. The van der Waals surface area contributed by atoms with Crippen molar-refractivity contribution in [3.63, 3.8) is 0 Å². The average molecular weight is 444 g/mol. The van der Waals surface area contributed by atoms with Gasteiger partial charge in [0.15, 0.2) is 5.69 Å². The highest BCUT2D eigenvalue weighted by molar-refractivity contribution is 5.94. The molecule has 0 bridgehead atoms. The van der Waals surface area contributed by atoms with Crippen LogP contribution >= 0.6 is 0 Å². The summed E-state index contributed by atoms with van der Waals surface area (Å²) < 4.78 is 46.3. The number of carbonyl (C=O) groups excluding carboxylic acids is 1. The molecule has 1 fully saturated rings. The highest BCUT2D eigenvalue weighted by Gasteiger charge is 2.39. The summed E-state index contributed by atoms with van der Waals surface area (Å²) in [5.41, 5.74) is 1.17. The van der Waals surface area contributed by atoms with E-state index >= 15 is 0 Å². The van der Waals surface area contributed by atoms with E-state index in [9.17, 15) is 18.0 Å². The van der Waals surface area contributed by atoms with Crippen LogP contribution in [0, 0.1) is 6.92 Å². The Bertz CT molecular complexity index is 1120. The minimum Gasteiger partial charge on any atom is -0.497 e. The van der Waals surface area contributed by atoms with Crippen molar-refractivity contribution in [3.8, 4) is 11.4 Å². The van der Waals surface area contributed by atoms with E-state index in [0.717, 1.165) is 30.7 Å². The van der Waals surface area contributed by atoms with Crippen LogP contribution in [0.4, 0.5) is 13.2 Å². The van der Waals surface area contributed by atoms with Crippen molar-refractivity contribution in [3.05, 3.63) is 71.0 Å². The first-order valence-electron chi connectivity index (χ1n) is 10.3. The molecule has 9 heteroatoms. The lowest BCUT2D eigenvalue weighted by molar-refractivity contribution is -0.137. The molecule has 2 aromatic carbocycles. The Labute approximate surface area is 183 Å². The number of hydrogen-bond acceptors (Lipinski definition) is 4. The molecular weight excluding hydrogens is 421 g/mol. The molecule has 1 aromatic heterocycles. The summed E-state index contributed by atoms with van der Waals surface area (Å²) in [6, 6.07) is 11.7. The first-order chi connectivity index (χ1) is 15.2. The summed E-state index contributed by atoms with van der Waals surface area (Å²) in [6.45, 7) is 3.49. The zero-order valence-electron chi connectivity index (χ0n) is 17.9. The molecule has 1 atom stereocenters. The molecule has 1 saturated carbocycles. The zero-order chi connectivity index (χ0) is 23.0. The van der Waals surface area contributed by atoms with Gasteiger partial charge in [0.25, 0.3) is 5.91 Å². The second-order valence-corrected chi connectivity index (χ2v) is 7.88. The van der Waals surface area contributed by atoms with E-state index in [1.54, 1.807) is 60.9 Å². The number of methoxy groups -OCH3 is 1. The normalized spacial score (nSPS) is 14.8. The molecule has 1 heterocycles. The Morgan fingerprint density at radius 3 is 2.47 bits per heavy atom. The molecule has 1 amide bonds. The maximum atomic E-state index is 13.5. The summed E-state index contributed by atoms with van der Waals surface area (Å²) >= 11 is 0. The Balaban J connectivity index is 1.64. The van der Waals surface area contributed by atoms with Gasteiger partial charge in [-0.3, -0.25) is 4.79 Å². The van der Waals surface area contributed by atoms with Crippen molar-refractivity contribution < 1.29 is 22.7 Å². The molecule has 0 saturated heterocycles. The van der Waals surface area contributed by atoms with Crippen molar-refractivity contribution in [2.75, 3.05) is 7.11 Å². The van der Waals surface area contributed by atoms with E-state index in [1.165, 1.54) is 6.07 Å². The third-order valence-electron chi connectivity index (χ3n) is 5.70. The van der Waals surface area contributed by atoms with Gasteiger partial charge in [-0.2, -0.15) is 13.2 Å². The number of nitrogens with zero attached hydrogens (tertiary/aromatic N) is 4. The molecule has 0 radical (unpaired) electrons. The molecule has 1 aliphatic rings. The predicted octanol–water partition coefficient (Wildman–Crippen LogP) is 4.97. The highest BCUT2D eigenvalue weighted by atomic mass is 19.4. The number of carbonyl (C=O) groups is 1. The van der Waals surface area contributed by atoms with E-state index in [2.05, 4.69) is 10.3 Å². The number of alkyl halides is 3. The molecule has 32 heavy (non-hydrogen) atoms. The third kappa shape index (κ3) is 4.19. The summed E-state index contributed by atoms with van der Waals surface area (Å²) in [5.74, 6) is 0.354. The molecule has 0 aliphatic heterocycles. The number of aromatic nitrogens is 3. The fourth-order valence-electron chi connectivity index (χ4n) is 3.76. The van der Waals surface area contributed by atoms with Crippen LogP contribution in [0.1, 0.15) is 53.1 Å². The SMILES string of the molecule is COc1ccc(-n2nnc(C(=O)N(C3CC3)C(C)c3cccc(C(F)(F)F)c3)c2C)cc1. The third-order valence-corrected chi connectivity index (χ3v) is 5.70. The number of halogens is 3. The number of amides is 1. The van der Waals surface area contributed by atoms with Gasteiger partial charge in [-0.25, -0.2) is 4.68 Å². The quantitative estimate of drug-likeness (QED) is 0.539. The second kappa shape index (κ2) is 8.29. The van der Waals surface area contributed by atoms with Crippen LogP contribution in [-0.2, 0) is 6.18 Å². The fourth-order valence-corrected chi connectivity index (χ4v) is 3.76. The van der Waals surface area contributed by atoms with Gasteiger partial charge in [-0.1, -0.05) is 17.3 Å². The lowest BCUT2D eigenvalue weighted by atomic mass is 10.0. The van der Waals surface area contributed by atoms with Crippen molar-refractivity contribution in [1.82, 2.24) is 19.9 Å². The van der Waals surface area contributed by atoms with Crippen molar-refractivity contribution >= 4 is 5.91 Å². The monoisotopic (exact) mass is 444 g/mol. The van der Waals surface area contributed by atoms with Crippen molar-refractivity contribution in [2.24, 2.45) is 0 Å². The maximum absolute atomic E-state index is 13.5. The van der Waals surface area contributed by atoms with Crippen molar-refractivity contribution in [1.29, 1.82) is 0 Å².